The summed E-state index contributed by atoms with van der Waals surface area (Å²) in [6, 6.07) is 6.20. The maximum atomic E-state index is 10.7. The smallest absolute Gasteiger partial charge is 0.0820 e. The van der Waals surface area contributed by atoms with E-state index >= 15 is 0 Å². The zero-order valence-corrected chi connectivity index (χ0v) is 13.7. The van der Waals surface area contributed by atoms with Gasteiger partial charge in [-0.15, -0.1) is 0 Å². The van der Waals surface area contributed by atoms with E-state index < -0.39 is 0 Å². The molecule has 2 fully saturated rings. The first-order chi connectivity index (χ1) is 9.60. The Morgan fingerprint density at radius 2 is 2.10 bits per heavy atom. The Bertz CT molecular complexity index is 480. The van der Waals surface area contributed by atoms with Gasteiger partial charge in [0.25, 0.3) is 0 Å². The van der Waals surface area contributed by atoms with Crippen molar-refractivity contribution in [1.29, 1.82) is 0 Å². The molecule has 0 amide bonds. The van der Waals surface area contributed by atoms with Crippen LogP contribution in [-0.4, -0.2) is 17.3 Å². The number of aliphatic hydroxyl groups excluding tert-OH is 1. The van der Waals surface area contributed by atoms with Gasteiger partial charge in [-0.05, 0) is 55.7 Å². The van der Waals surface area contributed by atoms with Crippen molar-refractivity contribution in [2.45, 2.75) is 57.2 Å². The van der Waals surface area contributed by atoms with Crippen LogP contribution in [0.1, 0.15) is 55.8 Å². The molecule has 1 aliphatic heterocycles. The highest BCUT2D eigenvalue weighted by Gasteiger charge is 2.41. The predicted molar refractivity (Wildman–Crippen MR) is 83.7 cm³/mol. The molecule has 110 valence electrons. The van der Waals surface area contributed by atoms with E-state index in [1.54, 1.807) is 0 Å². The lowest BCUT2D eigenvalue weighted by atomic mass is 9.80. The number of benzene rings is 1. The van der Waals surface area contributed by atoms with Gasteiger partial charge in [0.1, 0.15) is 0 Å². The van der Waals surface area contributed by atoms with Gasteiger partial charge in [-0.25, -0.2) is 0 Å². The Kier molecular flexibility index (Phi) is 4.21. The molecule has 1 heterocycles. The van der Waals surface area contributed by atoms with E-state index in [-0.39, 0.29) is 11.7 Å². The molecule has 1 spiro atoms. The lowest BCUT2D eigenvalue weighted by molar-refractivity contribution is -0.113. The van der Waals surface area contributed by atoms with Crippen LogP contribution in [0, 0.1) is 12.8 Å². The highest BCUT2D eigenvalue weighted by atomic mass is 79.9. The Labute approximate surface area is 129 Å². The molecule has 1 N–H and O–H groups in total. The van der Waals surface area contributed by atoms with Crippen molar-refractivity contribution >= 4 is 15.9 Å². The summed E-state index contributed by atoms with van der Waals surface area (Å²) in [5.74, 6) is 0.330. The largest absolute Gasteiger partial charge is 0.388 e. The van der Waals surface area contributed by atoms with Crippen molar-refractivity contribution in [3.05, 3.63) is 33.8 Å². The fraction of sp³-hybridized carbons (Fsp3) is 0.647. The number of ether oxygens (including phenoxy) is 1. The van der Waals surface area contributed by atoms with Gasteiger partial charge < -0.3 is 9.84 Å². The lowest BCUT2D eigenvalue weighted by Crippen LogP contribution is -2.39. The minimum Gasteiger partial charge on any atom is -0.388 e. The van der Waals surface area contributed by atoms with E-state index in [1.165, 1.54) is 31.2 Å². The van der Waals surface area contributed by atoms with Gasteiger partial charge in [0.05, 0.1) is 11.7 Å². The topological polar surface area (TPSA) is 29.5 Å². The fourth-order valence-electron chi connectivity index (χ4n) is 3.77. The summed E-state index contributed by atoms with van der Waals surface area (Å²) >= 11 is 3.56. The molecule has 3 rings (SSSR count). The summed E-state index contributed by atoms with van der Waals surface area (Å²) in [7, 11) is 0. The molecule has 1 aromatic carbocycles. The second kappa shape index (κ2) is 5.78. The Morgan fingerprint density at radius 3 is 2.80 bits per heavy atom. The molecule has 1 saturated heterocycles. The van der Waals surface area contributed by atoms with E-state index in [0.717, 1.165) is 29.5 Å². The predicted octanol–water partition coefficient (Wildman–Crippen LogP) is 4.53. The van der Waals surface area contributed by atoms with Gasteiger partial charge in [0, 0.05) is 11.1 Å². The first-order valence-electron chi connectivity index (χ1n) is 7.68. The standard InChI is InChI=1S/C17H23BrO2/c1-12-4-5-13(10-15(12)18)16(19)14-6-9-20-17(11-14)7-2-3-8-17/h4-5,10,14,16,19H,2-3,6-9,11H2,1H3. The van der Waals surface area contributed by atoms with Crippen molar-refractivity contribution in [3.8, 4) is 0 Å². The zero-order chi connectivity index (χ0) is 14.2. The second-order valence-corrected chi connectivity index (χ2v) is 7.30. The van der Waals surface area contributed by atoms with E-state index in [9.17, 15) is 5.11 Å². The molecule has 1 saturated carbocycles. The van der Waals surface area contributed by atoms with Crippen molar-refractivity contribution in [2.24, 2.45) is 5.92 Å². The van der Waals surface area contributed by atoms with Gasteiger partial charge in [-0.2, -0.15) is 0 Å². The van der Waals surface area contributed by atoms with Gasteiger partial charge in [0.2, 0.25) is 0 Å². The average molecular weight is 339 g/mol. The molecule has 2 atom stereocenters. The van der Waals surface area contributed by atoms with Gasteiger partial charge in [-0.3, -0.25) is 0 Å². The monoisotopic (exact) mass is 338 g/mol. The summed E-state index contributed by atoms with van der Waals surface area (Å²) in [6.07, 6.45) is 6.52. The zero-order valence-electron chi connectivity index (χ0n) is 12.1. The fourth-order valence-corrected chi connectivity index (χ4v) is 4.16. The molecule has 1 aromatic rings. The molecule has 1 aliphatic carbocycles. The van der Waals surface area contributed by atoms with Crippen LogP contribution in [0.2, 0.25) is 0 Å². The third-order valence-electron chi connectivity index (χ3n) is 5.03. The van der Waals surface area contributed by atoms with Crippen LogP contribution in [-0.2, 0) is 4.74 Å². The Hall–Kier alpha value is -0.380. The van der Waals surface area contributed by atoms with Gasteiger partial charge in [0.15, 0.2) is 0 Å². The van der Waals surface area contributed by atoms with Crippen molar-refractivity contribution in [1.82, 2.24) is 0 Å². The van der Waals surface area contributed by atoms with Crippen LogP contribution in [0.5, 0.6) is 0 Å². The van der Waals surface area contributed by atoms with E-state index in [1.807, 2.05) is 0 Å². The highest BCUT2D eigenvalue weighted by molar-refractivity contribution is 9.10. The third kappa shape index (κ3) is 2.81. The van der Waals surface area contributed by atoms with Gasteiger partial charge >= 0.3 is 0 Å². The first-order valence-corrected chi connectivity index (χ1v) is 8.47. The molecule has 0 aromatic heterocycles. The maximum absolute atomic E-state index is 10.7. The van der Waals surface area contributed by atoms with Crippen LogP contribution in [0.3, 0.4) is 0 Å². The number of aryl methyl sites for hydroxylation is 1. The third-order valence-corrected chi connectivity index (χ3v) is 5.88. The highest BCUT2D eigenvalue weighted by Crippen LogP contribution is 2.45. The molecule has 20 heavy (non-hydrogen) atoms. The molecule has 0 radical (unpaired) electrons. The van der Waals surface area contributed by atoms with Crippen molar-refractivity contribution < 1.29 is 9.84 Å². The van der Waals surface area contributed by atoms with Gasteiger partial charge in [-0.1, -0.05) is 40.9 Å². The summed E-state index contributed by atoms with van der Waals surface area (Å²) in [6.45, 7) is 2.87. The molecule has 2 unspecified atom stereocenters. The minimum absolute atomic E-state index is 0.0752. The van der Waals surface area contributed by atoms with Crippen LogP contribution in [0.25, 0.3) is 0 Å². The molecule has 3 heteroatoms. The lowest BCUT2D eigenvalue weighted by Gasteiger charge is -2.40. The van der Waals surface area contributed by atoms with E-state index in [4.69, 9.17) is 4.74 Å². The van der Waals surface area contributed by atoms with E-state index in [2.05, 4.69) is 41.1 Å². The number of halogens is 1. The Morgan fingerprint density at radius 1 is 1.35 bits per heavy atom. The van der Waals surface area contributed by atoms with Crippen LogP contribution in [0.4, 0.5) is 0 Å². The number of hydrogen-bond donors (Lipinski definition) is 1. The van der Waals surface area contributed by atoms with Crippen LogP contribution in [0.15, 0.2) is 22.7 Å². The SMILES string of the molecule is Cc1ccc(C(O)C2CCOC3(CCCC3)C2)cc1Br. The normalized spacial score (nSPS) is 26.9. The molecule has 2 nitrogen and oxygen atoms in total. The molecular formula is C17H23BrO2. The van der Waals surface area contributed by atoms with Crippen LogP contribution >= 0.6 is 15.9 Å². The summed E-state index contributed by atoms with van der Waals surface area (Å²) in [5, 5.41) is 10.7. The Balaban J connectivity index is 1.75. The summed E-state index contributed by atoms with van der Waals surface area (Å²) in [5.41, 5.74) is 2.31. The molecule has 0 bridgehead atoms. The summed E-state index contributed by atoms with van der Waals surface area (Å²) in [4.78, 5) is 0. The molecular weight excluding hydrogens is 316 g/mol. The van der Waals surface area contributed by atoms with Crippen molar-refractivity contribution in [3.63, 3.8) is 0 Å². The van der Waals surface area contributed by atoms with E-state index in [0.29, 0.717) is 5.92 Å². The first kappa shape index (κ1) is 14.6. The van der Waals surface area contributed by atoms with Crippen LogP contribution < -0.4 is 0 Å². The number of rotatable bonds is 2. The summed E-state index contributed by atoms with van der Waals surface area (Å²) < 4.78 is 7.15. The molecule has 2 aliphatic rings. The van der Waals surface area contributed by atoms with Crippen molar-refractivity contribution in [2.75, 3.05) is 6.61 Å². The average Bonchev–Trinajstić information content (AvgIpc) is 2.89. The number of hydrogen-bond acceptors (Lipinski definition) is 2. The quantitative estimate of drug-likeness (QED) is 0.858. The minimum atomic E-state index is -0.367. The number of aliphatic hydroxyl groups is 1. The second-order valence-electron chi connectivity index (χ2n) is 6.44. The maximum Gasteiger partial charge on any atom is 0.0820 e.